The normalized spacial score (nSPS) is 11.1. The monoisotopic (exact) mass is 254 g/mol. The van der Waals surface area contributed by atoms with Crippen molar-refractivity contribution in [1.29, 1.82) is 0 Å². The number of hydrogen-bond donors (Lipinski definition) is 0. The molecule has 0 saturated heterocycles. The molecule has 2 heteroatoms. The maximum absolute atomic E-state index is 5.68. The second-order valence-electron chi connectivity index (χ2n) is 3.54. The highest BCUT2D eigenvalue weighted by Crippen LogP contribution is 2.20. The van der Waals surface area contributed by atoms with Gasteiger partial charge in [0.25, 0.3) is 0 Å². The van der Waals surface area contributed by atoms with E-state index < -0.39 is 0 Å². The van der Waals surface area contributed by atoms with Gasteiger partial charge in [-0.2, -0.15) is 0 Å². The predicted molar refractivity (Wildman–Crippen MR) is 64.7 cm³/mol. The maximum atomic E-state index is 5.68. The zero-order valence-electron chi connectivity index (χ0n) is 8.53. The molecule has 0 unspecified atom stereocenters. The summed E-state index contributed by atoms with van der Waals surface area (Å²) in [5, 5.41) is 0. The first-order valence-corrected chi connectivity index (χ1v) is 5.64. The van der Waals surface area contributed by atoms with E-state index in [1.54, 1.807) is 0 Å². The van der Waals surface area contributed by atoms with Gasteiger partial charge >= 0.3 is 0 Å². The Labute approximate surface area is 93.9 Å². The topological polar surface area (TPSA) is 9.23 Å². The zero-order chi connectivity index (χ0) is 10.4. The van der Waals surface area contributed by atoms with Gasteiger partial charge < -0.3 is 4.74 Å². The molecule has 0 aliphatic rings. The molecule has 14 heavy (non-hydrogen) atoms. The molecule has 1 aromatic rings. The van der Waals surface area contributed by atoms with Gasteiger partial charge in [0, 0.05) is 5.56 Å². The summed E-state index contributed by atoms with van der Waals surface area (Å²) < 4.78 is 5.68. The van der Waals surface area contributed by atoms with Gasteiger partial charge in [-0.1, -0.05) is 48.0 Å². The summed E-state index contributed by atoms with van der Waals surface area (Å²) in [4.78, 5) is 1.84. The lowest BCUT2D eigenvalue weighted by molar-refractivity contribution is 0.270. The highest BCUT2D eigenvalue weighted by molar-refractivity contribution is 9.11. The lowest BCUT2D eigenvalue weighted by atomic mass is 10.2. The fraction of sp³-hybridized carbons (Fsp3) is 0.333. The van der Waals surface area contributed by atoms with Crippen molar-refractivity contribution in [1.82, 2.24) is 0 Å². The first-order chi connectivity index (χ1) is 6.74. The molecular formula is C12H15BrO. The minimum atomic E-state index is 0.552. The molecule has 0 amide bonds. The Morgan fingerprint density at radius 3 is 2.71 bits per heavy atom. The number of benzene rings is 1. The molecule has 0 heterocycles. The van der Waals surface area contributed by atoms with E-state index in [-0.39, 0.29) is 0 Å². The number of halogens is 1. The first kappa shape index (κ1) is 11.3. The van der Waals surface area contributed by atoms with Crippen LogP contribution in [0.4, 0.5) is 0 Å². The molecule has 0 bridgehead atoms. The predicted octanol–water partition coefficient (Wildman–Crippen LogP) is 4.09. The third-order valence-corrected chi connectivity index (χ3v) is 2.00. The fourth-order valence-corrected chi connectivity index (χ4v) is 1.36. The van der Waals surface area contributed by atoms with Crippen molar-refractivity contribution in [2.75, 3.05) is 6.61 Å². The summed E-state index contributed by atoms with van der Waals surface area (Å²) in [6.07, 6.45) is 1.98. The van der Waals surface area contributed by atoms with E-state index in [1.165, 1.54) is 0 Å². The van der Waals surface area contributed by atoms with Crippen LogP contribution < -0.4 is 4.74 Å². The van der Waals surface area contributed by atoms with Crippen molar-refractivity contribution >= 4 is 22.0 Å². The Hall–Kier alpha value is -0.760. The highest BCUT2D eigenvalue weighted by atomic mass is 79.9. The van der Waals surface area contributed by atoms with E-state index in [1.807, 2.05) is 35.3 Å². The van der Waals surface area contributed by atoms with Crippen LogP contribution in [0.15, 0.2) is 29.3 Å². The van der Waals surface area contributed by atoms with Crippen LogP contribution >= 0.6 is 15.9 Å². The summed E-state index contributed by atoms with van der Waals surface area (Å²) in [6.45, 7) is 5.04. The maximum Gasteiger partial charge on any atom is 0.126 e. The molecule has 0 aliphatic heterocycles. The molecular weight excluding hydrogens is 240 g/mol. The quantitative estimate of drug-likeness (QED) is 0.787. The second-order valence-corrected chi connectivity index (χ2v) is 4.06. The van der Waals surface area contributed by atoms with Crippen molar-refractivity contribution in [2.45, 2.75) is 13.8 Å². The van der Waals surface area contributed by atoms with E-state index in [0.29, 0.717) is 5.92 Å². The lowest BCUT2D eigenvalue weighted by Gasteiger charge is -2.10. The number of para-hydroxylation sites is 1. The molecule has 1 aromatic carbocycles. The van der Waals surface area contributed by atoms with E-state index in [2.05, 4.69) is 29.8 Å². The third kappa shape index (κ3) is 3.54. The molecule has 0 fully saturated rings. The Bertz CT molecular complexity index is 305. The molecule has 0 aromatic heterocycles. The molecule has 0 aliphatic carbocycles. The molecule has 0 saturated carbocycles. The Balaban J connectivity index is 2.74. The molecule has 1 rings (SSSR count). The van der Waals surface area contributed by atoms with Crippen LogP contribution in [0.2, 0.25) is 0 Å². The fourth-order valence-electron chi connectivity index (χ4n) is 1.07. The van der Waals surface area contributed by atoms with Gasteiger partial charge in [0.05, 0.1) is 6.61 Å². The van der Waals surface area contributed by atoms with Crippen molar-refractivity contribution in [3.05, 3.63) is 34.8 Å². The third-order valence-electron chi connectivity index (χ3n) is 1.73. The van der Waals surface area contributed by atoms with E-state index in [4.69, 9.17) is 4.74 Å². The average molecular weight is 255 g/mol. The van der Waals surface area contributed by atoms with Gasteiger partial charge in [-0.05, 0) is 23.0 Å². The van der Waals surface area contributed by atoms with Gasteiger partial charge in [-0.3, -0.25) is 0 Å². The van der Waals surface area contributed by atoms with Crippen LogP contribution in [0.3, 0.4) is 0 Å². The van der Waals surface area contributed by atoms with Crippen LogP contribution in [0, 0.1) is 5.92 Å². The van der Waals surface area contributed by atoms with Gasteiger partial charge in [-0.25, -0.2) is 0 Å². The molecule has 1 nitrogen and oxygen atoms in total. The SMILES string of the molecule is CC(C)COc1ccccc1/C=C/Br. The molecule has 76 valence electrons. The average Bonchev–Trinajstić information content (AvgIpc) is 2.17. The summed E-state index contributed by atoms with van der Waals surface area (Å²) in [5.74, 6) is 1.49. The summed E-state index contributed by atoms with van der Waals surface area (Å²) in [7, 11) is 0. The largest absolute Gasteiger partial charge is 0.493 e. The second kappa shape index (κ2) is 5.86. The van der Waals surface area contributed by atoms with E-state index in [9.17, 15) is 0 Å². The van der Waals surface area contributed by atoms with Gasteiger partial charge in [0.1, 0.15) is 5.75 Å². The first-order valence-electron chi connectivity index (χ1n) is 4.72. The summed E-state index contributed by atoms with van der Waals surface area (Å²) >= 11 is 3.26. The van der Waals surface area contributed by atoms with E-state index >= 15 is 0 Å². The van der Waals surface area contributed by atoms with Crippen molar-refractivity contribution < 1.29 is 4.74 Å². The Kier molecular flexibility index (Phi) is 4.74. The smallest absolute Gasteiger partial charge is 0.126 e. The van der Waals surface area contributed by atoms with Gasteiger partial charge in [0.15, 0.2) is 0 Å². The summed E-state index contributed by atoms with van der Waals surface area (Å²) in [5.41, 5.74) is 1.10. The van der Waals surface area contributed by atoms with Crippen LogP contribution in [0.1, 0.15) is 19.4 Å². The van der Waals surface area contributed by atoms with Gasteiger partial charge in [0.2, 0.25) is 0 Å². The Morgan fingerprint density at radius 2 is 2.07 bits per heavy atom. The standard InChI is InChI=1S/C12H15BrO/c1-10(2)9-14-12-6-4-3-5-11(12)7-8-13/h3-8,10H,9H2,1-2H3/b8-7+. The molecule has 0 spiro atoms. The van der Waals surface area contributed by atoms with Gasteiger partial charge in [-0.15, -0.1) is 0 Å². The van der Waals surface area contributed by atoms with Crippen LogP contribution in [-0.4, -0.2) is 6.61 Å². The number of hydrogen-bond acceptors (Lipinski definition) is 1. The minimum Gasteiger partial charge on any atom is -0.493 e. The van der Waals surface area contributed by atoms with Crippen molar-refractivity contribution in [3.8, 4) is 5.75 Å². The van der Waals surface area contributed by atoms with Crippen molar-refractivity contribution in [3.63, 3.8) is 0 Å². The lowest BCUT2D eigenvalue weighted by Crippen LogP contribution is -2.05. The molecule has 0 N–H and O–H groups in total. The molecule has 0 radical (unpaired) electrons. The van der Waals surface area contributed by atoms with Crippen LogP contribution in [0.25, 0.3) is 6.08 Å². The van der Waals surface area contributed by atoms with E-state index in [0.717, 1.165) is 17.9 Å². The minimum absolute atomic E-state index is 0.552. The van der Waals surface area contributed by atoms with Crippen molar-refractivity contribution in [2.24, 2.45) is 5.92 Å². The van der Waals surface area contributed by atoms with Crippen LogP contribution in [0.5, 0.6) is 5.75 Å². The highest BCUT2D eigenvalue weighted by Gasteiger charge is 2.00. The number of rotatable bonds is 4. The Morgan fingerprint density at radius 1 is 1.36 bits per heavy atom. The van der Waals surface area contributed by atoms with Crippen LogP contribution in [-0.2, 0) is 0 Å². The molecule has 0 atom stereocenters. The number of ether oxygens (including phenoxy) is 1. The summed E-state index contributed by atoms with van der Waals surface area (Å²) in [6, 6.07) is 8.02. The zero-order valence-corrected chi connectivity index (χ0v) is 10.1.